The third-order valence-electron chi connectivity index (χ3n) is 7.32. The fourth-order valence-electron chi connectivity index (χ4n) is 5.45. The second kappa shape index (κ2) is 10.6. The zero-order valence-corrected chi connectivity index (χ0v) is 19.8. The smallest absolute Gasteiger partial charge is 0.305 e. The summed E-state index contributed by atoms with van der Waals surface area (Å²) in [6.07, 6.45) is 2.55. The highest BCUT2D eigenvalue weighted by molar-refractivity contribution is 5.91. The van der Waals surface area contributed by atoms with Crippen molar-refractivity contribution in [3.05, 3.63) is 42.0 Å². The number of piperazine rings is 1. The molecule has 2 fully saturated rings. The fraction of sp³-hybridized carbons (Fsp3) is 0.577. The van der Waals surface area contributed by atoms with Crippen molar-refractivity contribution >= 4 is 16.7 Å². The van der Waals surface area contributed by atoms with Gasteiger partial charge in [0.15, 0.2) is 0 Å². The van der Waals surface area contributed by atoms with Gasteiger partial charge >= 0.3 is 5.97 Å². The lowest BCUT2D eigenvalue weighted by atomic mass is 9.86. The van der Waals surface area contributed by atoms with Crippen LogP contribution in [-0.2, 0) is 16.1 Å². The number of benzene rings is 2. The molecule has 2 atom stereocenters. The molecule has 0 saturated carbocycles. The Labute approximate surface area is 192 Å². The number of piperidine rings is 1. The summed E-state index contributed by atoms with van der Waals surface area (Å²) < 4.78 is 10.5. The molecular formula is C26H37N3O3. The van der Waals surface area contributed by atoms with Gasteiger partial charge < -0.3 is 14.4 Å². The fourth-order valence-corrected chi connectivity index (χ4v) is 5.45. The Kier molecular flexibility index (Phi) is 7.66. The van der Waals surface area contributed by atoms with Crippen molar-refractivity contribution in [3.63, 3.8) is 0 Å². The van der Waals surface area contributed by atoms with E-state index in [2.05, 4.69) is 58.1 Å². The molecule has 0 aromatic heterocycles. The van der Waals surface area contributed by atoms with E-state index in [1.54, 1.807) is 7.11 Å². The van der Waals surface area contributed by atoms with Gasteiger partial charge in [0.25, 0.3) is 0 Å². The molecule has 0 aliphatic carbocycles. The van der Waals surface area contributed by atoms with E-state index < -0.39 is 0 Å². The first-order chi connectivity index (χ1) is 15.6. The Bertz CT molecular complexity index is 910. The summed E-state index contributed by atoms with van der Waals surface area (Å²) >= 11 is 0. The van der Waals surface area contributed by atoms with Gasteiger partial charge in [-0.2, -0.15) is 0 Å². The maximum absolute atomic E-state index is 11.9. The summed E-state index contributed by atoms with van der Waals surface area (Å²) in [4.78, 5) is 19.5. The van der Waals surface area contributed by atoms with Gasteiger partial charge in [-0.25, -0.2) is 0 Å². The predicted octanol–water partition coefficient (Wildman–Crippen LogP) is 3.24. The van der Waals surface area contributed by atoms with Crippen LogP contribution in [0.1, 0.15) is 24.8 Å². The molecule has 2 saturated heterocycles. The lowest BCUT2D eigenvalue weighted by Gasteiger charge is -2.46. The molecule has 0 bridgehead atoms. The van der Waals surface area contributed by atoms with Crippen LogP contribution in [0.15, 0.2) is 36.4 Å². The zero-order valence-electron chi connectivity index (χ0n) is 19.8. The highest BCUT2D eigenvalue weighted by atomic mass is 16.5. The molecule has 0 radical (unpaired) electrons. The third-order valence-corrected chi connectivity index (χ3v) is 7.32. The standard InChI is InChI=1S/C26H37N3O3/c1-27-14-16-29(17-15-27)24-12-13-28(19-21(24)9-11-26(30)32-3)18-20-8-10-25(31-2)23-7-5-4-6-22(20)23/h4-8,10,21,24H,9,11-19H2,1-3H3/t21-,24+/m0/s1. The Balaban J connectivity index is 1.49. The van der Waals surface area contributed by atoms with Gasteiger partial charge in [0.05, 0.1) is 14.2 Å². The molecule has 4 rings (SSSR count). The molecule has 2 aromatic carbocycles. The number of fused-ring (bicyclic) bond motifs is 1. The second-order valence-electron chi connectivity index (χ2n) is 9.28. The molecule has 174 valence electrons. The molecule has 32 heavy (non-hydrogen) atoms. The summed E-state index contributed by atoms with van der Waals surface area (Å²) in [5.74, 6) is 1.31. The van der Waals surface area contributed by atoms with E-state index in [1.807, 2.05) is 0 Å². The Morgan fingerprint density at radius 1 is 1.00 bits per heavy atom. The Morgan fingerprint density at radius 2 is 1.75 bits per heavy atom. The molecule has 2 aromatic rings. The van der Waals surface area contributed by atoms with E-state index in [0.717, 1.165) is 64.4 Å². The molecule has 0 spiro atoms. The summed E-state index contributed by atoms with van der Waals surface area (Å²) in [7, 11) is 5.42. The number of nitrogens with zero attached hydrogens (tertiary/aromatic N) is 3. The first kappa shape index (κ1) is 23.0. The van der Waals surface area contributed by atoms with Gasteiger partial charge in [0.2, 0.25) is 0 Å². The minimum absolute atomic E-state index is 0.0969. The second-order valence-corrected chi connectivity index (χ2v) is 9.28. The number of carbonyl (C=O) groups is 1. The number of carbonyl (C=O) groups excluding carboxylic acids is 1. The average Bonchev–Trinajstić information content (AvgIpc) is 2.83. The van der Waals surface area contributed by atoms with Crippen LogP contribution in [-0.4, -0.2) is 87.2 Å². The summed E-state index contributed by atoms with van der Waals surface area (Å²) in [5.41, 5.74) is 1.34. The first-order valence-corrected chi connectivity index (χ1v) is 11.9. The van der Waals surface area contributed by atoms with E-state index in [4.69, 9.17) is 9.47 Å². The number of esters is 1. The van der Waals surface area contributed by atoms with Crippen LogP contribution in [0.25, 0.3) is 10.8 Å². The van der Waals surface area contributed by atoms with Crippen LogP contribution in [0, 0.1) is 5.92 Å². The largest absolute Gasteiger partial charge is 0.496 e. The van der Waals surface area contributed by atoms with E-state index in [-0.39, 0.29) is 5.97 Å². The van der Waals surface area contributed by atoms with E-state index in [1.165, 1.54) is 23.4 Å². The Hall–Kier alpha value is -2.15. The van der Waals surface area contributed by atoms with Crippen LogP contribution < -0.4 is 4.74 Å². The average molecular weight is 440 g/mol. The minimum Gasteiger partial charge on any atom is -0.496 e. The third kappa shape index (κ3) is 5.25. The van der Waals surface area contributed by atoms with E-state index in [9.17, 15) is 4.79 Å². The maximum Gasteiger partial charge on any atom is 0.305 e. The summed E-state index contributed by atoms with van der Waals surface area (Å²) in [6.45, 7) is 7.54. The number of rotatable bonds is 7. The molecule has 6 nitrogen and oxygen atoms in total. The van der Waals surface area contributed by atoms with Crippen molar-refractivity contribution in [3.8, 4) is 5.75 Å². The Morgan fingerprint density at radius 3 is 2.47 bits per heavy atom. The van der Waals surface area contributed by atoms with Crippen molar-refractivity contribution < 1.29 is 14.3 Å². The molecule has 2 aliphatic heterocycles. The molecule has 0 N–H and O–H groups in total. The lowest BCUT2D eigenvalue weighted by Crippen LogP contribution is -2.56. The van der Waals surface area contributed by atoms with Gasteiger partial charge in [-0.1, -0.05) is 30.3 Å². The normalized spacial score (nSPS) is 23.3. The number of hydrogen-bond acceptors (Lipinski definition) is 6. The van der Waals surface area contributed by atoms with Crippen LogP contribution in [0.4, 0.5) is 0 Å². The van der Waals surface area contributed by atoms with Crippen LogP contribution in [0.3, 0.4) is 0 Å². The summed E-state index contributed by atoms with van der Waals surface area (Å²) in [6, 6.07) is 13.3. The highest BCUT2D eigenvalue weighted by Gasteiger charge is 2.34. The van der Waals surface area contributed by atoms with Gasteiger partial charge in [-0.3, -0.25) is 14.6 Å². The van der Waals surface area contributed by atoms with E-state index in [0.29, 0.717) is 18.4 Å². The number of ether oxygens (including phenoxy) is 2. The predicted molar refractivity (Wildman–Crippen MR) is 128 cm³/mol. The van der Waals surface area contributed by atoms with Crippen LogP contribution >= 0.6 is 0 Å². The van der Waals surface area contributed by atoms with Crippen molar-refractivity contribution in [2.24, 2.45) is 5.92 Å². The number of hydrogen-bond donors (Lipinski definition) is 0. The zero-order chi connectivity index (χ0) is 22.5. The van der Waals surface area contributed by atoms with Crippen LogP contribution in [0.5, 0.6) is 5.75 Å². The maximum atomic E-state index is 11.9. The van der Waals surface area contributed by atoms with Gasteiger partial charge in [-0.05, 0) is 49.4 Å². The molecule has 0 unspecified atom stereocenters. The van der Waals surface area contributed by atoms with Crippen molar-refractivity contribution in [1.29, 1.82) is 0 Å². The highest BCUT2D eigenvalue weighted by Crippen LogP contribution is 2.32. The van der Waals surface area contributed by atoms with Crippen molar-refractivity contribution in [2.75, 3.05) is 60.5 Å². The lowest BCUT2D eigenvalue weighted by molar-refractivity contribution is -0.141. The van der Waals surface area contributed by atoms with Gasteiger partial charge in [-0.15, -0.1) is 0 Å². The summed E-state index contributed by atoms with van der Waals surface area (Å²) in [5, 5.41) is 2.43. The molecule has 2 aliphatic rings. The quantitative estimate of drug-likeness (QED) is 0.617. The van der Waals surface area contributed by atoms with Crippen LogP contribution in [0.2, 0.25) is 0 Å². The molecular weight excluding hydrogens is 402 g/mol. The SMILES string of the molecule is COC(=O)CC[C@H]1CN(Cc2ccc(OC)c3ccccc23)CC[C@H]1N1CCN(C)CC1. The number of likely N-dealkylation sites (tertiary alicyclic amines) is 1. The number of methoxy groups -OCH3 is 2. The topological polar surface area (TPSA) is 45.2 Å². The molecule has 2 heterocycles. The molecule has 6 heteroatoms. The monoisotopic (exact) mass is 439 g/mol. The first-order valence-electron chi connectivity index (χ1n) is 11.9. The van der Waals surface area contributed by atoms with E-state index >= 15 is 0 Å². The van der Waals surface area contributed by atoms with Gasteiger partial charge in [0.1, 0.15) is 5.75 Å². The molecule has 0 amide bonds. The number of likely N-dealkylation sites (N-methyl/N-ethyl adjacent to an activating group) is 1. The van der Waals surface area contributed by atoms with Crippen molar-refractivity contribution in [1.82, 2.24) is 14.7 Å². The minimum atomic E-state index is -0.0969. The van der Waals surface area contributed by atoms with Gasteiger partial charge in [0, 0.05) is 57.1 Å². The van der Waals surface area contributed by atoms with Crippen molar-refractivity contribution in [2.45, 2.75) is 31.8 Å².